The summed E-state index contributed by atoms with van der Waals surface area (Å²) in [7, 11) is 0. The van der Waals surface area contributed by atoms with Crippen LogP contribution in [0.4, 0.5) is 0 Å². The molecule has 0 unspecified atom stereocenters. The number of hydrogen-bond donors (Lipinski definition) is 0. The van der Waals surface area contributed by atoms with Gasteiger partial charge in [0.2, 0.25) is 0 Å². The summed E-state index contributed by atoms with van der Waals surface area (Å²) in [4.78, 5) is 36.5. The molecular weight excluding hydrogens is 280 g/mol. The normalized spacial score (nSPS) is 47.3. The van der Waals surface area contributed by atoms with Crippen LogP contribution in [0.2, 0.25) is 0 Å². The van der Waals surface area contributed by atoms with Crippen LogP contribution in [0.3, 0.4) is 0 Å². The van der Waals surface area contributed by atoms with Crippen LogP contribution in [0.15, 0.2) is 11.6 Å². The van der Waals surface area contributed by atoms with Crippen LogP contribution in [0, 0.1) is 28.6 Å². The first-order valence-electron chi connectivity index (χ1n) is 8.32. The van der Waals surface area contributed by atoms with Gasteiger partial charge in [-0.2, -0.15) is 0 Å². The third-order valence-corrected chi connectivity index (χ3v) is 7.04. The maximum atomic E-state index is 12.7. The van der Waals surface area contributed by atoms with Crippen LogP contribution in [0.25, 0.3) is 0 Å². The third-order valence-electron chi connectivity index (χ3n) is 7.04. The number of hydrogen-bond acceptors (Lipinski definition) is 4. The van der Waals surface area contributed by atoms with Gasteiger partial charge in [-0.3, -0.25) is 14.4 Å². The minimum absolute atomic E-state index is 0.0827. The highest BCUT2D eigenvalue weighted by Gasteiger charge is 2.62. The van der Waals surface area contributed by atoms with Gasteiger partial charge in [0.15, 0.2) is 11.6 Å². The lowest BCUT2D eigenvalue weighted by Crippen LogP contribution is -2.53. The van der Waals surface area contributed by atoms with E-state index in [9.17, 15) is 14.4 Å². The number of rotatable bonds is 0. The molecule has 4 heteroatoms. The van der Waals surface area contributed by atoms with E-state index in [-0.39, 0.29) is 34.8 Å². The lowest BCUT2D eigenvalue weighted by atomic mass is 9.47. The molecular formula is C18H22O4. The van der Waals surface area contributed by atoms with Crippen molar-refractivity contribution in [3.05, 3.63) is 11.6 Å². The van der Waals surface area contributed by atoms with Crippen molar-refractivity contribution in [1.82, 2.24) is 0 Å². The molecule has 4 nitrogen and oxygen atoms in total. The summed E-state index contributed by atoms with van der Waals surface area (Å²) in [5.74, 6) is 0.859. The van der Waals surface area contributed by atoms with Crippen LogP contribution in [0.1, 0.15) is 46.0 Å². The maximum absolute atomic E-state index is 12.7. The molecule has 0 aromatic heterocycles. The molecule has 0 bridgehead atoms. The lowest BCUT2D eigenvalue weighted by Gasteiger charge is -2.54. The summed E-state index contributed by atoms with van der Waals surface area (Å²) in [5, 5.41) is 0. The summed E-state index contributed by atoms with van der Waals surface area (Å²) in [6, 6.07) is 0. The van der Waals surface area contributed by atoms with Gasteiger partial charge in [0, 0.05) is 24.3 Å². The molecule has 118 valence electrons. The molecule has 0 N–H and O–H groups in total. The number of esters is 1. The van der Waals surface area contributed by atoms with Crippen molar-refractivity contribution in [1.29, 1.82) is 0 Å². The van der Waals surface area contributed by atoms with E-state index >= 15 is 0 Å². The standard InChI is InChI=1S/C18H22O4/c1-17-5-3-10(19)7-13(17)15(20)8-11-12(17)4-6-18(2)14(11)9-22-16(18)21/h7,11-12,14H,3-6,8-9H2,1-2H3/t11-,12+,14+,17-,18+/m1/s1. The first-order valence-corrected chi connectivity index (χ1v) is 8.32. The largest absolute Gasteiger partial charge is 0.465 e. The zero-order chi connectivity index (χ0) is 15.7. The predicted molar refractivity (Wildman–Crippen MR) is 78.8 cm³/mol. The first kappa shape index (κ1) is 14.2. The van der Waals surface area contributed by atoms with Crippen molar-refractivity contribution in [3.8, 4) is 0 Å². The average Bonchev–Trinajstić information content (AvgIpc) is 2.77. The Bertz CT molecular complexity index is 619. The van der Waals surface area contributed by atoms with Crippen LogP contribution < -0.4 is 0 Å². The van der Waals surface area contributed by atoms with E-state index in [4.69, 9.17) is 4.74 Å². The number of allylic oxidation sites excluding steroid dienone is 2. The summed E-state index contributed by atoms with van der Waals surface area (Å²) in [6.45, 7) is 4.61. The van der Waals surface area contributed by atoms with Gasteiger partial charge in [-0.25, -0.2) is 0 Å². The molecule has 0 amide bonds. The minimum atomic E-state index is -0.413. The van der Waals surface area contributed by atoms with Crippen LogP contribution >= 0.6 is 0 Å². The Morgan fingerprint density at radius 2 is 1.86 bits per heavy atom. The van der Waals surface area contributed by atoms with Crippen molar-refractivity contribution >= 4 is 17.5 Å². The number of cyclic esters (lactones) is 1. The fraction of sp³-hybridized carbons (Fsp3) is 0.722. The molecule has 3 fully saturated rings. The molecule has 0 spiro atoms. The van der Waals surface area contributed by atoms with Gasteiger partial charge in [0.05, 0.1) is 12.0 Å². The van der Waals surface area contributed by atoms with Crippen molar-refractivity contribution in [2.45, 2.75) is 46.0 Å². The number of carbonyl (C=O) groups excluding carboxylic acids is 3. The number of ether oxygens (including phenoxy) is 1. The fourth-order valence-corrected chi connectivity index (χ4v) is 5.60. The Balaban J connectivity index is 1.76. The third kappa shape index (κ3) is 1.61. The lowest BCUT2D eigenvalue weighted by molar-refractivity contribution is -0.149. The summed E-state index contributed by atoms with van der Waals surface area (Å²) < 4.78 is 5.35. The molecule has 22 heavy (non-hydrogen) atoms. The van der Waals surface area contributed by atoms with E-state index < -0.39 is 5.41 Å². The second-order valence-electron chi connectivity index (χ2n) is 8.00. The number of carbonyl (C=O) groups is 3. The fourth-order valence-electron chi connectivity index (χ4n) is 5.60. The van der Waals surface area contributed by atoms with E-state index in [0.717, 1.165) is 24.8 Å². The number of ketones is 2. The van der Waals surface area contributed by atoms with Gasteiger partial charge in [-0.05, 0) is 49.5 Å². The summed E-state index contributed by atoms with van der Waals surface area (Å²) >= 11 is 0. The Labute approximate surface area is 130 Å². The molecule has 4 rings (SSSR count). The Morgan fingerprint density at radius 3 is 2.64 bits per heavy atom. The predicted octanol–water partition coefficient (Wildman–Crippen LogP) is 2.46. The molecule has 2 saturated carbocycles. The van der Waals surface area contributed by atoms with Gasteiger partial charge < -0.3 is 4.74 Å². The highest BCUT2D eigenvalue weighted by molar-refractivity contribution is 6.05. The van der Waals surface area contributed by atoms with Crippen molar-refractivity contribution in [2.75, 3.05) is 6.61 Å². The highest BCUT2D eigenvalue weighted by Crippen LogP contribution is 2.62. The summed E-state index contributed by atoms with van der Waals surface area (Å²) in [6.07, 6.45) is 5.16. The SMILES string of the molecule is C[C@]12CCC(=O)C=C1C(=O)C[C@@H]1[C@@H]2CC[C@]2(C)C(=O)OC[C@@H]12. The second-order valence-corrected chi connectivity index (χ2v) is 8.00. The van der Waals surface area contributed by atoms with Crippen molar-refractivity contribution in [3.63, 3.8) is 0 Å². The molecule has 4 aliphatic rings. The smallest absolute Gasteiger partial charge is 0.312 e. The number of fused-ring (bicyclic) bond motifs is 5. The van der Waals surface area contributed by atoms with Gasteiger partial charge in [-0.1, -0.05) is 6.92 Å². The Kier molecular flexibility index (Phi) is 2.77. The topological polar surface area (TPSA) is 60.4 Å². The quantitative estimate of drug-likeness (QED) is 0.645. The van der Waals surface area contributed by atoms with Gasteiger partial charge in [-0.15, -0.1) is 0 Å². The second kappa shape index (κ2) is 4.30. The monoisotopic (exact) mass is 302 g/mol. The van der Waals surface area contributed by atoms with E-state index in [1.807, 2.05) is 6.92 Å². The molecule has 1 saturated heterocycles. The van der Waals surface area contributed by atoms with Crippen LogP contribution in [-0.2, 0) is 19.1 Å². The molecule has 1 aliphatic heterocycles. The molecule has 1 heterocycles. The van der Waals surface area contributed by atoms with Gasteiger partial charge in [0.25, 0.3) is 0 Å². The van der Waals surface area contributed by atoms with Crippen LogP contribution in [-0.4, -0.2) is 24.1 Å². The highest BCUT2D eigenvalue weighted by atomic mass is 16.5. The number of Topliss-reactive ketones (excluding diaryl/α,β-unsaturated/α-hetero) is 1. The first-order chi connectivity index (χ1) is 10.4. The zero-order valence-electron chi connectivity index (χ0n) is 13.2. The Morgan fingerprint density at radius 1 is 1.09 bits per heavy atom. The van der Waals surface area contributed by atoms with E-state index in [1.54, 1.807) is 6.08 Å². The average molecular weight is 302 g/mol. The molecule has 0 aromatic carbocycles. The van der Waals surface area contributed by atoms with Crippen molar-refractivity contribution < 1.29 is 19.1 Å². The molecule has 3 aliphatic carbocycles. The zero-order valence-corrected chi connectivity index (χ0v) is 13.2. The summed E-state index contributed by atoms with van der Waals surface area (Å²) in [5.41, 5.74) is 0.142. The van der Waals surface area contributed by atoms with Crippen LogP contribution in [0.5, 0.6) is 0 Å². The maximum Gasteiger partial charge on any atom is 0.312 e. The van der Waals surface area contributed by atoms with E-state index in [1.165, 1.54) is 0 Å². The van der Waals surface area contributed by atoms with Gasteiger partial charge >= 0.3 is 5.97 Å². The van der Waals surface area contributed by atoms with Gasteiger partial charge in [0.1, 0.15) is 0 Å². The molecule has 0 aromatic rings. The van der Waals surface area contributed by atoms with Crippen molar-refractivity contribution in [2.24, 2.45) is 28.6 Å². The molecule has 5 atom stereocenters. The Hall–Kier alpha value is -1.45. The van der Waals surface area contributed by atoms with E-state index in [2.05, 4.69) is 6.92 Å². The van der Waals surface area contributed by atoms with E-state index in [0.29, 0.717) is 25.4 Å². The minimum Gasteiger partial charge on any atom is -0.465 e. The molecule has 0 radical (unpaired) electrons.